The minimum absolute atomic E-state index is 0.0116. The van der Waals surface area contributed by atoms with Crippen LogP contribution in [0.5, 0.6) is 0 Å². The molecule has 5 heteroatoms. The molecule has 1 heterocycles. The maximum atomic E-state index is 11.8. The summed E-state index contributed by atoms with van der Waals surface area (Å²) in [6.07, 6.45) is 3.94. The molecule has 4 nitrogen and oxygen atoms in total. The second kappa shape index (κ2) is 6.91. The highest BCUT2D eigenvalue weighted by Gasteiger charge is 2.05. The molecule has 0 aromatic carbocycles. The van der Waals surface area contributed by atoms with Gasteiger partial charge in [0.1, 0.15) is 4.47 Å². The third kappa shape index (κ3) is 4.24. The predicted molar refractivity (Wildman–Crippen MR) is 73.3 cm³/mol. The molecule has 0 aliphatic rings. The third-order valence-electron chi connectivity index (χ3n) is 2.72. The Morgan fingerprint density at radius 1 is 1.59 bits per heavy atom. The molecule has 0 bridgehead atoms. The fourth-order valence-corrected chi connectivity index (χ4v) is 2.00. The zero-order valence-electron chi connectivity index (χ0n) is 10.7. The Balaban J connectivity index is 2.53. The summed E-state index contributed by atoms with van der Waals surface area (Å²) in [6, 6.07) is 0.498. The standard InChI is InChI=1S/C12H20BrN3O/c1-4-5-9(2)14-6-7-16-8-15-10(3)11(13)12(16)17/h8-9,14H,4-7H2,1-3H3. The highest BCUT2D eigenvalue weighted by molar-refractivity contribution is 9.10. The van der Waals surface area contributed by atoms with Gasteiger partial charge in [0.25, 0.3) is 5.56 Å². The van der Waals surface area contributed by atoms with E-state index in [0.717, 1.165) is 18.7 Å². The zero-order chi connectivity index (χ0) is 12.8. The molecule has 0 saturated carbocycles. The molecule has 17 heavy (non-hydrogen) atoms. The van der Waals surface area contributed by atoms with Crippen molar-refractivity contribution in [2.45, 2.75) is 46.2 Å². The molecular formula is C12H20BrN3O. The van der Waals surface area contributed by atoms with Crippen LogP contribution in [0.2, 0.25) is 0 Å². The summed E-state index contributed by atoms with van der Waals surface area (Å²) in [7, 11) is 0. The number of halogens is 1. The molecule has 1 aromatic rings. The number of nitrogens with one attached hydrogen (secondary N) is 1. The van der Waals surface area contributed by atoms with Crippen molar-refractivity contribution in [2.75, 3.05) is 6.54 Å². The molecule has 0 radical (unpaired) electrons. The van der Waals surface area contributed by atoms with Gasteiger partial charge in [0.15, 0.2) is 0 Å². The van der Waals surface area contributed by atoms with Gasteiger partial charge in [0, 0.05) is 19.1 Å². The van der Waals surface area contributed by atoms with E-state index in [1.807, 2.05) is 6.92 Å². The summed E-state index contributed by atoms with van der Waals surface area (Å²) in [5.41, 5.74) is 0.723. The molecule has 96 valence electrons. The molecule has 1 unspecified atom stereocenters. The van der Waals surface area contributed by atoms with E-state index in [1.165, 1.54) is 6.42 Å². The topological polar surface area (TPSA) is 46.9 Å². The first kappa shape index (κ1) is 14.4. The van der Waals surface area contributed by atoms with Crippen molar-refractivity contribution < 1.29 is 0 Å². The van der Waals surface area contributed by atoms with Crippen molar-refractivity contribution in [1.82, 2.24) is 14.9 Å². The molecule has 0 amide bonds. The number of aromatic nitrogens is 2. The van der Waals surface area contributed by atoms with Gasteiger partial charge in [-0.15, -0.1) is 0 Å². The predicted octanol–water partition coefficient (Wildman–Crippen LogP) is 2.09. The maximum Gasteiger partial charge on any atom is 0.267 e. The van der Waals surface area contributed by atoms with Crippen molar-refractivity contribution in [3.05, 3.63) is 26.8 Å². The number of hydrogen-bond acceptors (Lipinski definition) is 3. The smallest absolute Gasteiger partial charge is 0.267 e. The minimum atomic E-state index is -0.0116. The first-order valence-corrected chi connectivity index (χ1v) is 6.80. The number of rotatable bonds is 6. The lowest BCUT2D eigenvalue weighted by atomic mass is 10.2. The van der Waals surface area contributed by atoms with E-state index in [0.29, 0.717) is 17.1 Å². The highest BCUT2D eigenvalue weighted by Crippen LogP contribution is 2.05. The van der Waals surface area contributed by atoms with Gasteiger partial charge in [-0.3, -0.25) is 9.36 Å². The Morgan fingerprint density at radius 3 is 2.94 bits per heavy atom. The van der Waals surface area contributed by atoms with E-state index in [2.05, 4.69) is 40.1 Å². The van der Waals surface area contributed by atoms with E-state index < -0.39 is 0 Å². The summed E-state index contributed by atoms with van der Waals surface area (Å²) in [4.78, 5) is 16.0. The average molecular weight is 302 g/mol. The number of nitrogens with zero attached hydrogens (tertiary/aromatic N) is 2. The molecule has 0 aliphatic heterocycles. The van der Waals surface area contributed by atoms with Gasteiger partial charge < -0.3 is 5.32 Å². The van der Waals surface area contributed by atoms with E-state index >= 15 is 0 Å². The first-order valence-electron chi connectivity index (χ1n) is 6.01. The second-order valence-electron chi connectivity index (χ2n) is 4.29. The zero-order valence-corrected chi connectivity index (χ0v) is 12.2. The lowest BCUT2D eigenvalue weighted by Crippen LogP contribution is -2.32. The van der Waals surface area contributed by atoms with Gasteiger partial charge in [-0.05, 0) is 36.2 Å². The van der Waals surface area contributed by atoms with Gasteiger partial charge in [-0.1, -0.05) is 13.3 Å². The van der Waals surface area contributed by atoms with Gasteiger partial charge in [0.2, 0.25) is 0 Å². The van der Waals surface area contributed by atoms with Gasteiger partial charge in [-0.25, -0.2) is 4.98 Å². The van der Waals surface area contributed by atoms with Crippen molar-refractivity contribution in [3.8, 4) is 0 Å². The molecule has 0 spiro atoms. The van der Waals surface area contributed by atoms with E-state index in [1.54, 1.807) is 10.9 Å². The summed E-state index contributed by atoms with van der Waals surface area (Å²) >= 11 is 3.26. The Labute approximate surface area is 111 Å². The number of hydrogen-bond donors (Lipinski definition) is 1. The maximum absolute atomic E-state index is 11.8. The van der Waals surface area contributed by atoms with Crippen LogP contribution in [0.25, 0.3) is 0 Å². The van der Waals surface area contributed by atoms with Crippen molar-refractivity contribution >= 4 is 15.9 Å². The van der Waals surface area contributed by atoms with E-state index in [9.17, 15) is 4.79 Å². The molecular weight excluding hydrogens is 282 g/mol. The van der Waals surface area contributed by atoms with Crippen molar-refractivity contribution in [2.24, 2.45) is 0 Å². The highest BCUT2D eigenvalue weighted by atomic mass is 79.9. The SMILES string of the molecule is CCCC(C)NCCn1cnc(C)c(Br)c1=O. The summed E-state index contributed by atoms with van der Waals surface area (Å²) in [5.74, 6) is 0. The summed E-state index contributed by atoms with van der Waals surface area (Å²) < 4.78 is 2.18. The molecule has 1 rings (SSSR count). The lowest BCUT2D eigenvalue weighted by Gasteiger charge is -2.13. The van der Waals surface area contributed by atoms with Crippen molar-refractivity contribution in [1.29, 1.82) is 0 Å². The molecule has 1 aromatic heterocycles. The molecule has 1 N–H and O–H groups in total. The van der Waals surface area contributed by atoms with Gasteiger partial charge >= 0.3 is 0 Å². The third-order valence-corrected chi connectivity index (χ3v) is 3.64. The molecule has 1 atom stereocenters. The summed E-state index contributed by atoms with van der Waals surface area (Å²) in [6.45, 7) is 7.59. The van der Waals surface area contributed by atoms with Crippen LogP contribution in [0.3, 0.4) is 0 Å². The van der Waals surface area contributed by atoms with Crippen molar-refractivity contribution in [3.63, 3.8) is 0 Å². The molecule has 0 aliphatic carbocycles. The van der Waals surface area contributed by atoms with Crippen LogP contribution in [0, 0.1) is 6.92 Å². The van der Waals surface area contributed by atoms with Crippen LogP contribution in [-0.4, -0.2) is 22.1 Å². The Kier molecular flexibility index (Phi) is 5.85. The quantitative estimate of drug-likeness (QED) is 0.875. The number of aryl methyl sites for hydroxylation is 1. The fourth-order valence-electron chi connectivity index (χ4n) is 1.67. The van der Waals surface area contributed by atoms with E-state index in [4.69, 9.17) is 0 Å². The Bertz CT molecular complexity index is 417. The van der Waals surface area contributed by atoms with Gasteiger partial charge in [0.05, 0.1) is 12.0 Å². The first-order chi connectivity index (χ1) is 8.06. The fraction of sp³-hybridized carbons (Fsp3) is 0.667. The average Bonchev–Trinajstić information content (AvgIpc) is 2.29. The molecule has 0 saturated heterocycles. The van der Waals surface area contributed by atoms with Crippen LogP contribution in [0.15, 0.2) is 15.6 Å². The second-order valence-corrected chi connectivity index (χ2v) is 5.08. The monoisotopic (exact) mass is 301 g/mol. The molecule has 0 fully saturated rings. The normalized spacial score (nSPS) is 12.7. The van der Waals surface area contributed by atoms with Crippen LogP contribution in [0.1, 0.15) is 32.4 Å². The Morgan fingerprint density at radius 2 is 2.29 bits per heavy atom. The summed E-state index contributed by atoms with van der Waals surface area (Å²) in [5, 5.41) is 3.39. The lowest BCUT2D eigenvalue weighted by molar-refractivity contribution is 0.480. The van der Waals surface area contributed by atoms with E-state index in [-0.39, 0.29) is 5.56 Å². The minimum Gasteiger partial charge on any atom is -0.312 e. The van der Waals surface area contributed by atoms with Crippen LogP contribution >= 0.6 is 15.9 Å². The largest absolute Gasteiger partial charge is 0.312 e. The Hall–Kier alpha value is -0.680. The van der Waals surface area contributed by atoms with Crippen LogP contribution < -0.4 is 10.9 Å². The van der Waals surface area contributed by atoms with Crippen LogP contribution in [0.4, 0.5) is 0 Å². The van der Waals surface area contributed by atoms with Gasteiger partial charge in [-0.2, -0.15) is 0 Å². The van der Waals surface area contributed by atoms with Crippen LogP contribution in [-0.2, 0) is 6.54 Å².